The second-order valence-electron chi connectivity index (χ2n) is 5.79. The Morgan fingerprint density at radius 3 is 2.00 bits per heavy atom. The molecule has 94 valence electrons. The lowest BCUT2D eigenvalue weighted by Crippen LogP contribution is -2.30. The molecule has 2 heteroatoms. The fraction of sp³-hybridized carbons (Fsp3) is 0.600. The Bertz CT molecular complexity index is 370. The molecule has 0 unspecified atom stereocenters. The lowest BCUT2D eigenvalue weighted by atomic mass is 9.67. The molecule has 2 N–H and O–H groups in total. The summed E-state index contributed by atoms with van der Waals surface area (Å²) < 4.78 is 0. The number of aromatic hydroxyl groups is 2. The van der Waals surface area contributed by atoms with Crippen molar-refractivity contribution in [2.75, 3.05) is 0 Å². The molecular weight excluding hydrogens is 212 g/mol. The molecule has 2 rings (SSSR count). The molecule has 0 heterocycles. The summed E-state index contributed by atoms with van der Waals surface area (Å²) in [5, 5.41) is 19.2. The van der Waals surface area contributed by atoms with Crippen LogP contribution in [-0.4, -0.2) is 10.2 Å². The van der Waals surface area contributed by atoms with Crippen molar-refractivity contribution in [3.63, 3.8) is 0 Å². The Kier molecular flexibility index (Phi) is 3.32. The third kappa shape index (κ3) is 2.56. The molecule has 0 spiro atoms. The lowest BCUT2D eigenvalue weighted by molar-refractivity contribution is 0.235. The number of hydrogen-bond acceptors (Lipinski definition) is 2. The maximum absolute atomic E-state index is 9.60. The van der Waals surface area contributed by atoms with E-state index in [-0.39, 0.29) is 16.9 Å². The molecule has 0 saturated heterocycles. The van der Waals surface area contributed by atoms with Crippen LogP contribution in [-0.2, 0) is 5.41 Å². The normalized spacial score (nSPS) is 18.2. The van der Waals surface area contributed by atoms with Gasteiger partial charge in [0, 0.05) is 6.07 Å². The molecule has 1 aliphatic carbocycles. The van der Waals surface area contributed by atoms with Gasteiger partial charge in [0.15, 0.2) is 0 Å². The van der Waals surface area contributed by atoms with E-state index in [1.807, 2.05) is 0 Å². The van der Waals surface area contributed by atoms with Crippen molar-refractivity contribution in [3.05, 3.63) is 23.8 Å². The quantitative estimate of drug-likeness (QED) is 0.813. The molecule has 0 aliphatic heterocycles. The highest BCUT2D eigenvalue weighted by Gasteiger charge is 2.32. The summed E-state index contributed by atoms with van der Waals surface area (Å²) in [5.74, 6) is 0.963. The molecule has 2 nitrogen and oxygen atoms in total. The van der Waals surface area contributed by atoms with E-state index in [4.69, 9.17) is 0 Å². The van der Waals surface area contributed by atoms with Gasteiger partial charge in [0.1, 0.15) is 11.5 Å². The molecule has 0 atom stereocenters. The van der Waals surface area contributed by atoms with Crippen molar-refractivity contribution >= 4 is 0 Å². The highest BCUT2D eigenvalue weighted by Crippen LogP contribution is 2.42. The number of hydrogen-bond donors (Lipinski definition) is 2. The van der Waals surface area contributed by atoms with E-state index in [9.17, 15) is 10.2 Å². The Hall–Kier alpha value is -1.18. The smallest absolute Gasteiger partial charge is 0.119 e. The summed E-state index contributed by atoms with van der Waals surface area (Å²) in [4.78, 5) is 0. The van der Waals surface area contributed by atoms with E-state index in [0.29, 0.717) is 5.92 Å². The van der Waals surface area contributed by atoms with E-state index in [2.05, 4.69) is 13.8 Å². The van der Waals surface area contributed by atoms with Crippen molar-refractivity contribution in [2.24, 2.45) is 5.92 Å². The van der Waals surface area contributed by atoms with Crippen LogP contribution in [0.25, 0.3) is 0 Å². The molecule has 0 bridgehead atoms. The van der Waals surface area contributed by atoms with E-state index in [1.165, 1.54) is 38.2 Å². The molecule has 1 aromatic carbocycles. The Morgan fingerprint density at radius 1 is 0.941 bits per heavy atom. The number of phenols is 2. The highest BCUT2D eigenvalue weighted by atomic mass is 16.3. The van der Waals surface area contributed by atoms with Gasteiger partial charge < -0.3 is 10.2 Å². The lowest BCUT2D eigenvalue weighted by Gasteiger charge is -2.37. The first kappa shape index (κ1) is 12.3. The predicted molar refractivity (Wildman–Crippen MR) is 69.4 cm³/mol. The summed E-state index contributed by atoms with van der Waals surface area (Å²) in [6.07, 6.45) is 6.46. The second-order valence-corrected chi connectivity index (χ2v) is 5.79. The van der Waals surface area contributed by atoms with Crippen LogP contribution in [0.15, 0.2) is 18.2 Å². The van der Waals surface area contributed by atoms with Crippen LogP contribution >= 0.6 is 0 Å². The fourth-order valence-corrected chi connectivity index (χ4v) is 3.03. The highest BCUT2D eigenvalue weighted by molar-refractivity contribution is 5.40. The maximum atomic E-state index is 9.60. The van der Waals surface area contributed by atoms with Gasteiger partial charge in [-0.1, -0.05) is 33.1 Å². The van der Waals surface area contributed by atoms with Crippen LogP contribution in [0.4, 0.5) is 0 Å². The molecule has 1 aromatic rings. The average molecular weight is 234 g/mol. The Morgan fingerprint density at radius 2 is 1.47 bits per heavy atom. The molecule has 1 fully saturated rings. The predicted octanol–water partition coefficient (Wildman–Crippen LogP) is 3.96. The van der Waals surface area contributed by atoms with E-state index >= 15 is 0 Å². The second kappa shape index (κ2) is 4.59. The van der Waals surface area contributed by atoms with Crippen LogP contribution < -0.4 is 0 Å². The summed E-state index contributed by atoms with van der Waals surface area (Å²) in [6, 6.07) is 4.96. The van der Waals surface area contributed by atoms with Crippen molar-refractivity contribution in [1.29, 1.82) is 0 Å². The molecule has 0 aromatic heterocycles. The van der Waals surface area contributed by atoms with Gasteiger partial charge in [-0.25, -0.2) is 0 Å². The zero-order valence-electron chi connectivity index (χ0n) is 10.7. The number of phenolic OH excluding ortho intramolecular Hbond substituents is 2. The van der Waals surface area contributed by atoms with Crippen molar-refractivity contribution in [1.82, 2.24) is 0 Å². The average Bonchev–Trinajstić information content (AvgIpc) is 2.29. The largest absolute Gasteiger partial charge is 0.508 e. The molecule has 17 heavy (non-hydrogen) atoms. The Labute approximate surface area is 103 Å². The monoisotopic (exact) mass is 234 g/mol. The minimum Gasteiger partial charge on any atom is -0.508 e. The first-order valence-electron chi connectivity index (χ1n) is 6.53. The summed E-state index contributed by atoms with van der Waals surface area (Å²) >= 11 is 0. The van der Waals surface area contributed by atoms with Gasteiger partial charge >= 0.3 is 0 Å². The van der Waals surface area contributed by atoms with Gasteiger partial charge in [-0.3, -0.25) is 0 Å². The van der Waals surface area contributed by atoms with Gasteiger partial charge in [-0.15, -0.1) is 0 Å². The Balaban J connectivity index is 2.29. The maximum Gasteiger partial charge on any atom is 0.119 e. The van der Waals surface area contributed by atoms with Crippen LogP contribution in [0.3, 0.4) is 0 Å². The van der Waals surface area contributed by atoms with Crippen molar-refractivity contribution in [2.45, 2.75) is 51.4 Å². The van der Waals surface area contributed by atoms with Gasteiger partial charge in [-0.2, -0.15) is 0 Å². The minimum atomic E-state index is 0.0244. The molecule has 0 radical (unpaired) electrons. The van der Waals surface area contributed by atoms with Crippen molar-refractivity contribution < 1.29 is 10.2 Å². The third-order valence-corrected chi connectivity index (χ3v) is 4.27. The zero-order chi connectivity index (χ0) is 12.5. The summed E-state index contributed by atoms with van der Waals surface area (Å²) in [6.45, 7) is 4.44. The first-order valence-corrected chi connectivity index (χ1v) is 6.53. The fourth-order valence-electron chi connectivity index (χ4n) is 3.03. The van der Waals surface area contributed by atoms with Crippen LogP contribution in [0, 0.1) is 5.92 Å². The summed E-state index contributed by atoms with van der Waals surface area (Å²) in [7, 11) is 0. The van der Waals surface area contributed by atoms with E-state index in [0.717, 1.165) is 5.56 Å². The first-order chi connectivity index (χ1) is 8.00. The third-order valence-electron chi connectivity index (χ3n) is 4.27. The molecule has 1 aliphatic rings. The van der Waals surface area contributed by atoms with E-state index in [1.54, 1.807) is 12.1 Å². The van der Waals surface area contributed by atoms with Crippen LogP contribution in [0.2, 0.25) is 0 Å². The SMILES string of the molecule is CC(C)(c1cc(O)cc(O)c1)C1CCCCC1. The topological polar surface area (TPSA) is 40.5 Å². The van der Waals surface area contributed by atoms with Gasteiger partial charge in [0.25, 0.3) is 0 Å². The molecular formula is C15H22O2. The van der Waals surface area contributed by atoms with Crippen molar-refractivity contribution in [3.8, 4) is 11.5 Å². The number of benzene rings is 1. The van der Waals surface area contributed by atoms with Crippen LogP contribution in [0.1, 0.15) is 51.5 Å². The van der Waals surface area contributed by atoms with E-state index < -0.39 is 0 Å². The van der Waals surface area contributed by atoms with Gasteiger partial charge in [0.05, 0.1) is 0 Å². The molecule has 0 amide bonds. The van der Waals surface area contributed by atoms with Crippen LogP contribution in [0.5, 0.6) is 11.5 Å². The summed E-state index contributed by atoms with van der Waals surface area (Å²) in [5.41, 5.74) is 1.07. The minimum absolute atomic E-state index is 0.0244. The van der Waals surface area contributed by atoms with Gasteiger partial charge in [-0.05, 0) is 41.9 Å². The molecule has 1 saturated carbocycles. The standard InChI is InChI=1S/C15H22O2/c1-15(2,11-6-4-3-5-7-11)12-8-13(16)10-14(17)9-12/h8-11,16-17H,3-7H2,1-2H3. The number of rotatable bonds is 2. The zero-order valence-corrected chi connectivity index (χ0v) is 10.7. The van der Waals surface area contributed by atoms with Gasteiger partial charge in [0.2, 0.25) is 0 Å².